The van der Waals surface area contributed by atoms with Gasteiger partial charge >= 0.3 is 5.97 Å². The lowest BCUT2D eigenvalue weighted by molar-refractivity contribution is 0.0305. The van der Waals surface area contributed by atoms with Crippen molar-refractivity contribution >= 4 is 29.5 Å². The summed E-state index contributed by atoms with van der Waals surface area (Å²) >= 11 is 3.85. The Morgan fingerprint density at radius 1 is 1.13 bits per heavy atom. The fourth-order valence-electron chi connectivity index (χ4n) is 3.92. The number of cyclic esters (lactones) is 1. The Morgan fingerprint density at radius 3 is 2.67 bits per heavy atom. The molecule has 1 aromatic rings. The number of allylic oxidation sites excluding steroid dienone is 2. The molecule has 3 aliphatic heterocycles. The van der Waals surface area contributed by atoms with E-state index < -0.39 is 0 Å². The molecule has 2 fully saturated rings. The topological polar surface area (TPSA) is 57.3 Å². The summed E-state index contributed by atoms with van der Waals surface area (Å²) in [6, 6.07) is 3.69. The van der Waals surface area contributed by atoms with E-state index in [1.165, 1.54) is 6.42 Å². The van der Waals surface area contributed by atoms with E-state index in [0.29, 0.717) is 29.9 Å². The van der Waals surface area contributed by atoms with Gasteiger partial charge in [-0.1, -0.05) is 24.3 Å². The number of carbonyl (C=O) groups excluding carboxylic acids is 1. The molecule has 3 heterocycles. The monoisotopic (exact) mass is 448 g/mol. The van der Waals surface area contributed by atoms with E-state index in [9.17, 15) is 4.79 Å². The predicted octanol–water partition coefficient (Wildman–Crippen LogP) is 4.64. The average molecular weight is 449 g/mol. The molecule has 0 bridgehead atoms. The lowest BCUT2D eigenvalue weighted by Gasteiger charge is -2.34. The van der Waals surface area contributed by atoms with Gasteiger partial charge in [0, 0.05) is 18.9 Å². The molecule has 4 rings (SSSR count). The molecule has 7 heteroatoms. The SMILES string of the molecule is COc1cc2c(c(OC)c1)C(=O)O[C@H](C)C[C@H]1O[C@@H]1/C=C\C=C\C1(C2)SCCCS1. The number of epoxide rings is 1. The van der Waals surface area contributed by atoms with Crippen molar-refractivity contribution in [2.24, 2.45) is 0 Å². The van der Waals surface area contributed by atoms with Gasteiger partial charge in [-0.05, 0) is 36.5 Å². The Balaban J connectivity index is 1.78. The molecule has 3 aliphatic rings. The Kier molecular flexibility index (Phi) is 6.70. The van der Waals surface area contributed by atoms with Crippen LogP contribution in [-0.4, -0.2) is 54.1 Å². The van der Waals surface area contributed by atoms with Crippen LogP contribution in [0.15, 0.2) is 36.4 Å². The molecule has 30 heavy (non-hydrogen) atoms. The van der Waals surface area contributed by atoms with Crippen molar-refractivity contribution in [1.82, 2.24) is 0 Å². The van der Waals surface area contributed by atoms with Crippen molar-refractivity contribution in [3.8, 4) is 11.5 Å². The van der Waals surface area contributed by atoms with Crippen LogP contribution >= 0.6 is 23.5 Å². The zero-order valence-corrected chi connectivity index (χ0v) is 19.2. The van der Waals surface area contributed by atoms with Gasteiger partial charge in [0.25, 0.3) is 0 Å². The second-order valence-electron chi connectivity index (χ2n) is 7.74. The van der Waals surface area contributed by atoms with Crippen LogP contribution in [0.1, 0.15) is 35.7 Å². The highest BCUT2D eigenvalue weighted by Gasteiger charge is 2.39. The smallest absolute Gasteiger partial charge is 0.342 e. The number of benzene rings is 1. The minimum Gasteiger partial charge on any atom is -0.497 e. The summed E-state index contributed by atoms with van der Waals surface area (Å²) in [6.07, 6.45) is 11.1. The van der Waals surface area contributed by atoms with Gasteiger partial charge in [-0.15, -0.1) is 23.5 Å². The Hall–Kier alpha value is -1.57. The summed E-state index contributed by atoms with van der Waals surface area (Å²) in [7, 11) is 3.20. The maximum absolute atomic E-state index is 13.2. The van der Waals surface area contributed by atoms with Crippen LogP contribution in [0.25, 0.3) is 0 Å². The number of hydrogen-bond acceptors (Lipinski definition) is 7. The minimum atomic E-state index is -0.355. The standard InChI is InChI=1S/C23H28O5S2/c1-15-11-19-18(28-19)7-4-5-8-23(29-9-6-10-30-23)14-16-12-17(25-2)13-20(26-3)21(16)22(24)27-15/h4-5,7-8,12-13,15,18-19H,6,9-11,14H2,1-3H3/b7-4-,8-5+/t15-,18-,19-/m1/s1. The first-order valence-electron chi connectivity index (χ1n) is 10.3. The fraction of sp³-hybridized carbons (Fsp3) is 0.522. The number of ether oxygens (including phenoxy) is 4. The molecule has 3 atom stereocenters. The van der Waals surface area contributed by atoms with Gasteiger partial charge < -0.3 is 18.9 Å². The Morgan fingerprint density at radius 2 is 1.93 bits per heavy atom. The summed E-state index contributed by atoms with van der Waals surface area (Å²) in [5.74, 6) is 2.98. The molecule has 162 valence electrons. The lowest BCUT2D eigenvalue weighted by Crippen LogP contribution is -2.27. The summed E-state index contributed by atoms with van der Waals surface area (Å²) < 4.78 is 22.5. The van der Waals surface area contributed by atoms with E-state index in [4.69, 9.17) is 18.9 Å². The van der Waals surface area contributed by atoms with E-state index in [1.54, 1.807) is 20.3 Å². The summed E-state index contributed by atoms with van der Waals surface area (Å²) in [5.41, 5.74) is 1.38. The normalized spacial score (nSPS) is 30.2. The molecule has 0 radical (unpaired) electrons. The third-order valence-corrected chi connectivity index (χ3v) is 8.72. The first-order chi connectivity index (χ1) is 14.5. The van der Waals surface area contributed by atoms with Crippen LogP contribution in [0.3, 0.4) is 0 Å². The van der Waals surface area contributed by atoms with Crippen molar-refractivity contribution in [2.45, 2.75) is 48.6 Å². The van der Waals surface area contributed by atoms with Crippen LogP contribution in [0.2, 0.25) is 0 Å². The van der Waals surface area contributed by atoms with E-state index in [0.717, 1.165) is 17.1 Å². The highest BCUT2D eigenvalue weighted by Crippen LogP contribution is 2.47. The first-order valence-corrected chi connectivity index (χ1v) is 12.3. The average Bonchev–Trinajstić information content (AvgIpc) is 3.47. The number of carbonyl (C=O) groups is 1. The molecule has 0 aromatic heterocycles. The van der Waals surface area contributed by atoms with Gasteiger partial charge in [-0.3, -0.25) is 0 Å². The third-order valence-electron chi connectivity index (χ3n) is 5.49. The first kappa shape index (κ1) is 21.7. The number of fused-ring (bicyclic) bond motifs is 2. The highest BCUT2D eigenvalue weighted by molar-refractivity contribution is 8.19. The van der Waals surface area contributed by atoms with Gasteiger partial charge in [0.15, 0.2) is 0 Å². The summed E-state index contributed by atoms with van der Waals surface area (Å²) in [4.78, 5) is 13.2. The van der Waals surface area contributed by atoms with E-state index in [-0.39, 0.29) is 28.4 Å². The Bertz CT molecular complexity index is 844. The molecule has 0 amide bonds. The maximum Gasteiger partial charge on any atom is 0.342 e. The molecular weight excluding hydrogens is 420 g/mol. The van der Waals surface area contributed by atoms with Crippen molar-refractivity contribution in [1.29, 1.82) is 0 Å². The summed E-state index contributed by atoms with van der Waals surface area (Å²) in [5, 5.41) is 0. The van der Waals surface area contributed by atoms with Crippen LogP contribution in [-0.2, 0) is 15.9 Å². The third kappa shape index (κ3) is 4.84. The quantitative estimate of drug-likeness (QED) is 0.482. The van der Waals surface area contributed by atoms with E-state index in [1.807, 2.05) is 36.5 Å². The summed E-state index contributed by atoms with van der Waals surface area (Å²) in [6.45, 7) is 1.91. The molecule has 0 unspecified atom stereocenters. The fourth-order valence-corrected chi connectivity index (χ4v) is 7.07. The number of thioether (sulfide) groups is 2. The van der Waals surface area contributed by atoms with Crippen molar-refractivity contribution < 1.29 is 23.7 Å². The highest BCUT2D eigenvalue weighted by atomic mass is 32.2. The number of rotatable bonds is 2. The van der Waals surface area contributed by atoms with Gasteiger partial charge in [0.1, 0.15) is 29.3 Å². The van der Waals surface area contributed by atoms with E-state index in [2.05, 4.69) is 24.3 Å². The van der Waals surface area contributed by atoms with Gasteiger partial charge in [0.05, 0.1) is 24.4 Å². The van der Waals surface area contributed by atoms with Crippen LogP contribution < -0.4 is 9.47 Å². The lowest BCUT2D eigenvalue weighted by atomic mass is 10.00. The number of esters is 1. The second-order valence-corrected chi connectivity index (χ2v) is 10.8. The van der Waals surface area contributed by atoms with Crippen LogP contribution in [0.4, 0.5) is 0 Å². The molecule has 2 saturated heterocycles. The second kappa shape index (κ2) is 9.28. The van der Waals surface area contributed by atoms with Gasteiger partial charge in [-0.25, -0.2) is 4.79 Å². The maximum atomic E-state index is 13.2. The Labute approximate surface area is 186 Å². The molecule has 1 spiro atoms. The number of methoxy groups -OCH3 is 2. The predicted molar refractivity (Wildman–Crippen MR) is 122 cm³/mol. The zero-order chi connectivity index (χ0) is 21.1. The zero-order valence-electron chi connectivity index (χ0n) is 17.6. The van der Waals surface area contributed by atoms with Crippen LogP contribution in [0.5, 0.6) is 11.5 Å². The van der Waals surface area contributed by atoms with Gasteiger partial charge in [0.2, 0.25) is 0 Å². The van der Waals surface area contributed by atoms with Gasteiger partial charge in [-0.2, -0.15) is 0 Å². The minimum absolute atomic E-state index is 0.102. The molecule has 5 nitrogen and oxygen atoms in total. The molecule has 0 N–H and O–H groups in total. The van der Waals surface area contributed by atoms with E-state index >= 15 is 0 Å². The molecule has 0 saturated carbocycles. The number of hydrogen-bond donors (Lipinski definition) is 0. The molecule has 0 aliphatic carbocycles. The van der Waals surface area contributed by atoms with Crippen molar-refractivity contribution in [3.05, 3.63) is 47.6 Å². The molecular formula is C23H28O5S2. The molecule has 1 aromatic carbocycles. The van der Waals surface area contributed by atoms with Crippen LogP contribution in [0, 0.1) is 0 Å². The van der Waals surface area contributed by atoms with Crippen molar-refractivity contribution in [2.75, 3.05) is 25.7 Å². The largest absolute Gasteiger partial charge is 0.497 e. The van der Waals surface area contributed by atoms with Crippen molar-refractivity contribution in [3.63, 3.8) is 0 Å².